The number of nitrogens with zero attached hydrogens (tertiary/aromatic N) is 2. The fraction of sp³-hybridized carbons (Fsp3) is 0.500. The summed E-state index contributed by atoms with van der Waals surface area (Å²) in [7, 11) is 1.70. The Morgan fingerprint density at radius 3 is 2.69 bits per heavy atom. The number of amides is 1. The molecule has 2 aromatic rings. The Morgan fingerprint density at radius 1 is 1.31 bits per heavy atom. The van der Waals surface area contributed by atoms with Gasteiger partial charge < -0.3 is 10.1 Å². The quantitative estimate of drug-likeness (QED) is 0.665. The van der Waals surface area contributed by atoms with Gasteiger partial charge >= 0.3 is 0 Å². The lowest BCUT2D eigenvalue weighted by molar-refractivity contribution is 0.0937. The van der Waals surface area contributed by atoms with E-state index in [-0.39, 0.29) is 5.91 Å². The molecule has 0 aliphatic carbocycles. The Labute approximate surface area is 160 Å². The van der Waals surface area contributed by atoms with Gasteiger partial charge in [-0.3, -0.25) is 9.48 Å². The molecule has 2 rings (SSSR count). The van der Waals surface area contributed by atoms with E-state index in [0.717, 1.165) is 17.7 Å². The second-order valence-electron chi connectivity index (χ2n) is 6.53. The van der Waals surface area contributed by atoms with Crippen molar-refractivity contribution < 1.29 is 9.53 Å². The molecule has 0 unspecified atom stereocenters. The van der Waals surface area contributed by atoms with Gasteiger partial charge in [0.05, 0.1) is 17.3 Å². The fourth-order valence-electron chi connectivity index (χ4n) is 2.90. The summed E-state index contributed by atoms with van der Waals surface area (Å²) in [6.45, 7) is 6.84. The van der Waals surface area contributed by atoms with E-state index in [1.807, 2.05) is 6.07 Å². The van der Waals surface area contributed by atoms with Crippen LogP contribution in [-0.2, 0) is 13.5 Å². The number of aryl methyl sites for hydroxylation is 4. The van der Waals surface area contributed by atoms with E-state index in [9.17, 15) is 4.79 Å². The molecule has 1 N–H and O–H groups in total. The summed E-state index contributed by atoms with van der Waals surface area (Å²) in [5.74, 6) is 0.609. The van der Waals surface area contributed by atoms with Crippen LogP contribution < -0.4 is 10.1 Å². The number of hydrogen-bond donors (Lipinski definition) is 1. The molecule has 0 atom stereocenters. The van der Waals surface area contributed by atoms with Crippen LogP contribution in [-0.4, -0.2) is 28.8 Å². The standard InChI is InChI=1S/C20H28ClN3O2/c1-5-6-7-8-16-9-10-17(14(2)13-16)26-12-11-22-20(25)19-18(21)15(3)23-24(19)4/h9-10,13H,5-8,11-12H2,1-4H3,(H,22,25). The van der Waals surface area contributed by atoms with Crippen LogP contribution in [0.15, 0.2) is 18.2 Å². The van der Waals surface area contributed by atoms with Crippen LogP contribution in [0.1, 0.15) is 53.5 Å². The number of nitrogens with one attached hydrogen (secondary N) is 1. The first-order chi connectivity index (χ1) is 12.4. The largest absolute Gasteiger partial charge is 0.491 e. The topological polar surface area (TPSA) is 56.1 Å². The lowest BCUT2D eigenvalue weighted by Gasteiger charge is -2.11. The van der Waals surface area contributed by atoms with Gasteiger partial charge in [0.1, 0.15) is 18.1 Å². The number of ether oxygens (including phenoxy) is 1. The third-order valence-corrected chi connectivity index (χ3v) is 4.77. The van der Waals surface area contributed by atoms with Gasteiger partial charge in [-0.15, -0.1) is 0 Å². The molecular formula is C20H28ClN3O2. The Morgan fingerprint density at radius 2 is 2.08 bits per heavy atom. The number of unbranched alkanes of at least 4 members (excludes halogenated alkanes) is 2. The molecule has 1 aromatic carbocycles. The highest BCUT2D eigenvalue weighted by molar-refractivity contribution is 6.34. The molecule has 1 amide bonds. The molecular weight excluding hydrogens is 350 g/mol. The van der Waals surface area contributed by atoms with Crippen molar-refractivity contribution in [3.05, 3.63) is 45.7 Å². The van der Waals surface area contributed by atoms with Crippen LogP contribution in [0.4, 0.5) is 0 Å². The van der Waals surface area contributed by atoms with Crippen LogP contribution >= 0.6 is 11.6 Å². The molecule has 0 bridgehead atoms. The van der Waals surface area contributed by atoms with Crippen LogP contribution in [0, 0.1) is 13.8 Å². The first-order valence-electron chi connectivity index (χ1n) is 9.13. The molecule has 26 heavy (non-hydrogen) atoms. The highest BCUT2D eigenvalue weighted by atomic mass is 35.5. The average Bonchev–Trinajstić information content (AvgIpc) is 2.85. The SMILES string of the molecule is CCCCCc1ccc(OCCNC(=O)c2c(Cl)c(C)nn2C)c(C)c1. The first-order valence-corrected chi connectivity index (χ1v) is 9.51. The maximum Gasteiger partial charge on any atom is 0.271 e. The summed E-state index contributed by atoms with van der Waals surface area (Å²) < 4.78 is 7.29. The molecule has 0 fully saturated rings. The third-order valence-electron chi connectivity index (χ3n) is 4.32. The van der Waals surface area contributed by atoms with Crippen LogP contribution in [0.2, 0.25) is 5.02 Å². The predicted octanol–water partition coefficient (Wildman–Crippen LogP) is 4.23. The van der Waals surface area contributed by atoms with Crippen LogP contribution in [0.5, 0.6) is 5.75 Å². The Bertz CT molecular complexity index is 756. The number of carbonyl (C=O) groups is 1. The number of benzene rings is 1. The Hall–Kier alpha value is -2.01. The zero-order valence-electron chi connectivity index (χ0n) is 16.1. The average molecular weight is 378 g/mol. The van der Waals surface area contributed by atoms with Gasteiger partial charge in [0.2, 0.25) is 0 Å². The first kappa shape index (κ1) is 20.3. The molecule has 6 heteroatoms. The van der Waals surface area contributed by atoms with E-state index in [1.54, 1.807) is 14.0 Å². The summed E-state index contributed by atoms with van der Waals surface area (Å²) >= 11 is 6.12. The van der Waals surface area contributed by atoms with Gasteiger partial charge in [-0.25, -0.2) is 0 Å². The van der Waals surface area contributed by atoms with Crippen molar-refractivity contribution in [2.75, 3.05) is 13.2 Å². The molecule has 0 spiro atoms. The fourth-order valence-corrected chi connectivity index (χ4v) is 3.14. The predicted molar refractivity (Wildman–Crippen MR) is 105 cm³/mol. The molecule has 0 saturated carbocycles. The minimum atomic E-state index is -0.246. The highest BCUT2D eigenvalue weighted by Crippen LogP contribution is 2.21. The van der Waals surface area contributed by atoms with Gasteiger partial charge in [0.25, 0.3) is 5.91 Å². The van der Waals surface area contributed by atoms with Gasteiger partial charge in [-0.05, 0) is 43.9 Å². The normalized spacial score (nSPS) is 10.8. The van der Waals surface area contributed by atoms with E-state index in [2.05, 4.69) is 36.4 Å². The Kier molecular flexibility index (Phi) is 7.51. The highest BCUT2D eigenvalue weighted by Gasteiger charge is 2.18. The number of halogens is 1. The van der Waals surface area contributed by atoms with Crippen molar-refractivity contribution in [1.82, 2.24) is 15.1 Å². The second-order valence-corrected chi connectivity index (χ2v) is 6.91. The minimum absolute atomic E-state index is 0.246. The number of aromatic nitrogens is 2. The minimum Gasteiger partial charge on any atom is -0.491 e. The van der Waals surface area contributed by atoms with Crippen molar-refractivity contribution in [2.45, 2.75) is 46.5 Å². The van der Waals surface area contributed by atoms with Crippen molar-refractivity contribution >= 4 is 17.5 Å². The number of rotatable bonds is 9. The lowest BCUT2D eigenvalue weighted by atomic mass is 10.0. The van der Waals surface area contributed by atoms with Crippen LogP contribution in [0.3, 0.4) is 0 Å². The van der Waals surface area contributed by atoms with Gasteiger partial charge in [0, 0.05) is 7.05 Å². The maximum atomic E-state index is 12.2. The number of hydrogen-bond acceptors (Lipinski definition) is 3. The molecule has 0 aliphatic heterocycles. The van der Waals surface area contributed by atoms with E-state index in [1.165, 1.54) is 29.5 Å². The second kappa shape index (κ2) is 9.62. The van der Waals surface area contributed by atoms with Crippen molar-refractivity contribution in [2.24, 2.45) is 7.05 Å². The summed E-state index contributed by atoms with van der Waals surface area (Å²) in [5.41, 5.74) is 3.48. The zero-order chi connectivity index (χ0) is 19.1. The van der Waals surface area contributed by atoms with Crippen molar-refractivity contribution in [1.29, 1.82) is 0 Å². The summed E-state index contributed by atoms with van der Waals surface area (Å²) in [6.07, 6.45) is 4.82. The molecule has 1 heterocycles. The van der Waals surface area contributed by atoms with E-state index >= 15 is 0 Å². The molecule has 0 aliphatic rings. The van der Waals surface area contributed by atoms with Gasteiger partial charge in [-0.2, -0.15) is 5.10 Å². The monoisotopic (exact) mass is 377 g/mol. The summed E-state index contributed by atoms with van der Waals surface area (Å²) in [5, 5.41) is 7.36. The summed E-state index contributed by atoms with van der Waals surface area (Å²) in [6, 6.07) is 6.32. The van der Waals surface area contributed by atoms with Gasteiger partial charge in [0.15, 0.2) is 0 Å². The molecule has 142 valence electrons. The zero-order valence-corrected chi connectivity index (χ0v) is 16.8. The van der Waals surface area contributed by atoms with Gasteiger partial charge in [-0.1, -0.05) is 43.5 Å². The van der Waals surface area contributed by atoms with Crippen molar-refractivity contribution in [3.63, 3.8) is 0 Å². The summed E-state index contributed by atoms with van der Waals surface area (Å²) in [4.78, 5) is 12.2. The Balaban J connectivity index is 1.81. The lowest BCUT2D eigenvalue weighted by Crippen LogP contribution is -2.30. The maximum absolute atomic E-state index is 12.2. The van der Waals surface area contributed by atoms with E-state index < -0.39 is 0 Å². The molecule has 1 aromatic heterocycles. The molecule has 0 saturated heterocycles. The van der Waals surface area contributed by atoms with Crippen molar-refractivity contribution in [3.8, 4) is 5.75 Å². The molecule has 0 radical (unpaired) electrons. The van der Waals surface area contributed by atoms with E-state index in [4.69, 9.17) is 16.3 Å². The smallest absolute Gasteiger partial charge is 0.271 e. The van der Waals surface area contributed by atoms with E-state index in [0.29, 0.717) is 29.6 Å². The van der Waals surface area contributed by atoms with Crippen LogP contribution in [0.25, 0.3) is 0 Å². The number of carbonyl (C=O) groups excluding carboxylic acids is 1. The molecule has 5 nitrogen and oxygen atoms in total. The third kappa shape index (κ3) is 5.24.